The van der Waals surface area contributed by atoms with Gasteiger partial charge >= 0.3 is 18.2 Å². The molecule has 0 bridgehead atoms. The molecular weight excluding hydrogens is 699 g/mol. The molecule has 2 aliphatic rings. The molecule has 0 unspecified atom stereocenters. The lowest BCUT2D eigenvalue weighted by Crippen LogP contribution is -2.41. The number of amides is 2. The van der Waals surface area contributed by atoms with E-state index in [1.165, 1.54) is 7.11 Å². The van der Waals surface area contributed by atoms with Crippen LogP contribution in [0.15, 0.2) is 67.0 Å². The number of nitrogens with one attached hydrogen (secondary N) is 1. The fraction of sp³-hybridized carbons (Fsp3) is 0.324. The molecule has 12 nitrogen and oxygen atoms in total. The van der Waals surface area contributed by atoms with E-state index >= 15 is 0 Å². The minimum absolute atomic E-state index is 0.104. The molecule has 1 aliphatic heterocycles. The van der Waals surface area contributed by atoms with Crippen LogP contribution in [0.5, 0.6) is 5.75 Å². The predicted octanol–water partition coefficient (Wildman–Crippen LogP) is 6.45. The summed E-state index contributed by atoms with van der Waals surface area (Å²) in [6.07, 6.45) is 4.98. The van der Waals surface area contributed by atoms with Crippen molar-refractivity contribution in [1.29, 1.82) is 0 Å². The van der Waals surface area contributed by atoms with Crippen molar-refractivity contribution in [3.63, 3.8) is 0 Å². The highest BCUT2D eigenvalue weighted by Gasteiger charge is 2.48. The lowest BCUT2D eigenvalue weighted by Gasteiger charge is -2.29. The van der Waals surface area contributed by atoms with Gasteiger partial charge in [-0.25, -0.2) is 9.59 Å². The van der Waals surface area contributed by atoms with E-state index in [1.54, 1.807) is 47.0 Å². The summed E-state index contributed by atoms with van der Waals surface area (Å²) in [6.45, 7) is 4.92. The number of benzene rings is 3. The van der Waals surface area contributed by atoms with Crippen molar-refractivity contribution >= 4 is 53.0 Å². The van der Waals surface area contributed by atoms with Gasteiger partial charge in [0.2, 0.25) is 0 Å². The fourth-order valence-electron chi connectivity index (χ4n) is 6.15. The van der Waals surface area contributed by atoms with Gasteiger partial charge in [-0.15, -0.1) is 0 Å². The molecule has 1 saturated carbocycles. The molecule has 14 heteroatoms. The van der Waals surface area contributed by atoms with Crippen LogP contribution in [0.1, 0.15) is 52.7 Å². The molecule has 0 spiro atoms. The number of carbonyl (C=O) groups is 3. The zero-order valence-corrected chi connectivity index (χ0v) is 29.7. The second-order valence-electron chi connectivity index (χ2n) is 12.1. The van der Waals surface area contributed by atoms with Crippen LogP contribution in [0.2, 0.25) is 10.0 Å². The third-order valence-corrected chi connectivity index (χ3v) is 9.65. The van der Waals surface area contributed by atoms with Crippen LogP contribution in [-0.2, 0) is 30.4 Å². The number of aromatic nitrogens is 2. The Labute approximate surface area is 304 Å². The molecule has 2 heterocycles. The van der Waals surface area contributed by atoms with Gasteiger partial charge in [-0.3, -0.25) is 14.4 Å². The fourth-order valence-corrected chi connectivity index (χ4v) is 6.50. The Bertz CT molecular complexity index is 1960. The van der Waals surface area contributed by atoms with Crippen molar-refractivity contribution in [1.82, 2.24) is 15.1 Å². The predicted molar refractivity (Wildman–Crippen MR) is 188 cm³/mol. The second-order valence-corrected chi connectivity index (χ2v) is 12.9. The van der Waals surface area contributed by atoms with Gasteiger partial charge in [0.25, 0.3) is 5.91 Å². The summed E-state index contributed by atoms with van der Waals surface area (Å²) >= 11 is 12.7. The van der Waals surface area contributed by atoms with Crippen molar-refractivity contribution in [3.8, 4) is 16.9 Å². The van der Waals surface area contributed by atoms with Crippen LogP contribution in [0.4, 0.5) is 10.5 Å². The highest BCUT2D eigenvalue weighted by atomic mass is 35.5. The van der Waals surface area contributed by atoms with E-state index in [0.29, 0.717) is 58.3 Å². The largest absolute Gasteiger partial charge is 0.490 e. The normalized spacial score (nSPS) is 15.9. The Morgan fingerprint density at radius 1 is 1.06 bits per heavy atom. The molecule has 2 amide bonds. The van der Waals surface area contributed by atoms with E-state index in [4.69, 9.17) is 47.0 Å². The Balaban J connectivity index is 0.00000162. The smallest absolute Gasteiger partial charge is 0.414 e. The molecule has 51 heavy (non-hydrogen) atoms. The Morgan fingerprint density at radius 3 is 2.57 bits per heavy atom. The number of anilines is 1. The number of carbonyl (C=O) groups excluding carboxylic acids is 5. The first kappa shape index (κ1) is 37.1. The lowest BCUT2D eigenvalue weighted by molar-refractivity contribution is -0.191. The van der Waals surface area contributed by atoms with Gasteiger partial charge in [0, 0.05) is 39.5 Å². The van der Waals surface area contributed by atoms with Crippen LogP contribution >= 0.6 is 23.2 Å². The Kier molecular flexibility index (Phi) is 12.1. The zero-order chi connectivity index (χ0) is 36.7. The molecule has 4 aromatic rings. The first-order chi connectivity index (χ1) is 24.6. The number of nitrogens with zero attached hydrogens (tertiary/aromatic N) is 3. The molecule has 1 aliphatic carbocycles. The third kappa shape index (κ3) is 8.60. The Morgan fingerprint density at radius 2 is 1.82 bits per heavy atom. The SMILES string of the molecule is CC[C@@H](NC(=O)c1ccc(Cl)c(Cn2cc(-c3cccc4c3[C@H]3C[C@H]3CN4C(=O)OCCOc3cccc(Cl)c3C)cn2)c1)C(=O)OC.O=C=O. The molecule has 0 radical (unpaired) electrons. The van der Waals surface area contributed by atoms with E-state index in [1.807, 2.05) is 37.4 Å². The van der Waals surface area contributed by atoms with Crippen LogP contribution < -0.4 is 15.0 Å². The Hall–Kier alpha value is -5.16. The summed E-state index contributed by atoms with van der Waals surface area (Å²) < 4.78 is 18.0. The highest BCUT2D eigenvalue weighted by molar-refractivity contribution is 6.31. The topological polar surface area (TPSA) is 146 Å². The molecule has 0 saturated heterocycles. The van der Waals surface area contributed by atoms with Crippen LogP contribution in [0, 0.1) is 12.8 Å². The van der Waals surface area contributed by atoms with E-state index in [-0.39, 0.29) is 19.4 Å². The number of ether oxygens (including phenoxy) is 3. The van der Waals surface area contributed by atoms with E-state index in [9.17, 15) is 14.4 Å². The van der Waals surface area contributed by atoms with Crippen molar-refractivity contribution in [3.05, 3.63) is 99.3 Å². The number of halogens is 2. The van der Waals surface area contributed by atoms with Gasteiger partial charge in [-0.2, -0.15) is 14.7 Å². The maximum absolute atomic E-state index is 13.3. The second kappa shape index (κ2) is 16.7. The van der Waals surface area contributed by atoms with Gasteiger partial charge in [-0.05, 0) is 84.7 Å². The van der Waals surface area contributed by atoms with Gasteiger partial charge in [0.1, 0.15) is 25.0 Å². The quantitative estimate of drug-likeness (QED) is 0.136. The first-order valence-electron chi connectivity index (χ1n) is 16.2. The average molecular weight is 736 g/mol. The standard InChI is InChI=1S/C36H36Cl2N4O6.CO2/c1-4-30(35(44)46-3)40-34(43)22-11-12-29(38)24(15-22)18-41-19-25(17-39-41)26-7-5-9-31-33(26)27-16-23(27)20-42(31)36(45)48-14-13-47-32-10-6-8-28(37)21(32)2;2-1-3/h5-12,15,17,19,23,27,30H,4,13-14,16,18,20H2,1-3H3,(H,40,43);/t23-,27-,30+;/m0./s1. The maximum Gasteiger partial charge on any atom is 0.414 e. The summed E-state index contributed by atoms with van der Waals surface area (Å²) in [5.74, 6) is 0.492. The molecule has 6 rings (SSSR count). The number of fused-ring (bicyclic) bond motifs is 3. The summed E-state index contributed by atoms with van der Waals surface area (Å²) in [5.41, 5.74) is 5.79. The van der Waals surface area contributed by atoms with E-state index in [0.717, 1.165) is 34.4 Å². The molecule has 1 aromatic heterocycles. The van der Waals surface area contributed by atoms with Gasteiger partial charge in [0.05, 0.1) is 25.5 Å². The lowest BCUT2D eigenvalue weighted by atomic mass is 9.93. The summed E-state index contributed by atoms with van der Waals surface area (Å²) in [5, 5.41) is 8.42. The summed E-state index contributed by atoms with van der Waals surface area (Å²) in [6, 6.07) is 15.6. The van der Waals surface area contributed by atoms with E-state index < -0.39 is 24.0 Å². The minimum atomic E-state index is -0.742. The number of hydrogen-bond acceptors (Lipinski definition) is 9. The number of hydrogen-bond donors (Lipinski definition) is 1. The van der Waals surface area contributed by atoms with E-state index in [2.05, 4.69) is 16.5 Å². The molecular formula is C37H36Cl2N4O8. The van der Waals surface area contributed by atoms with Crippen LogP contribution in [0.3, 0.4) is 0 Å². The molecule has 1 N–H and O–H groups in total. The maximum atomic E-state index is 13.3. The van der Waals surface area contributed by atoms with Crippen LogP contribution in [0.25, 0.3) is 11.1 Å². The first-order valence-corrected chi connectivity index (χ1v) is 17.0. The summed E-state index contributed by atoms with van der Waals surface area (Å²) in [4.78, 5) is 56.1. The molecule has 266 valence electrons. The number of esters is 1. The monoisotopic (exact) mass is 734 g/mol. The average Bonchev–Trinajstić information content (AvgIpc) is 3.78. The van der Waals surface area contributed by atoms with Crippen molar-refractivity contribution < 1.29 is 38.2 Å². The molecule has 3 atom stereocenters. The van der Waals surface area contributed by atoms with Gasteiger partial charge < -0.3 is 19.5 Å². The van der Waals surface area contributed by atoms with Crippen molar-refractivity contribution in [2.75, 3.05) is 31.8 Å². The molecule has 1 fully saturated rings. The van der Waals surface area contributed by atoms with Crippen molar-refractivity contribution in [2.45, 2.75) is 45.2 Å². The minimum Gasteiger partial charge on any atom is -0.490 e. The van der Waals surface area contributed by atoms with Gasteiger partial charge in [-0.1, -0.05) is 48.3 Å². The third-order valence-electron chi connectivity index (χ3n) is 8.87. The molecule has 3 aromatic carbocycles. The number of methoxy groups -OCH3 is 1. The number of rotatable bonds is 11. The highest BCUT2D eigenvalue weighted by Crippen LogP contribution is 2.57. The van der Waals surface area contributed by atoms with Crippen LogP contribution in [-0.4, -0.2) is 66.8 Å². The zero-order valence-electron chi connectivity index (χ0n) is 28.2. The van der Waals surface area contributed by atoms with Crippen molar-refractivity contribution in [2.24, 2.45) is 5.92 Å². The summed E-state index contributed by atoms with van der Waals surface area (Å²) in [7, 11) is 1.29. The van der Waals surface area contributed by atoms with Gasteiger partial charge in [0.15, 0.2) is 0 Å².